The molecule has 26 heavy (non-hydrogen) atoms. The monoisotopic (exact) mass is 391 g/mol. The number of carboxylic acids is 1. The average Bonchev–Trinajstić information content (AvgIpc) is 2.61. The summed E-state index contributed by atoms with van der Waals surface area (Å²) in [5.74, 6) is -1.08. The SMILES string of the molecule is Cc1ccc(C(c2cccc(Cl)c2Cl)N2CCCC(C(=O)O)C2)c(C)c1. The van der Waals surface area contributed by atoms with Gasteiger partial charge in [0.05, 0.1) is 22.0 Å². The lowest BCUT2D eigenvalue weighted by molar-refractivity contribution is -0.143. The van der Waals surface area contributed by atoms with E-state index < -0.39 is 5.97 Å². The van der Waals surface area contributed by atoms with Crippen LogP contribution in [-0.2, 0) is 4.79 Å². The van der Waals surface area contributed by atoms with Gasteiger partial charge in [0.25, 0.3) is 0 Å². The molecule has 0 aliphatic carbocycles. The fourth-order valence-electron chi connectivity index (χ4n) is 3.87. The van der Waals surface area contributed by atoms with Crippen molar-refractivity contribution >= 4 is 29.2 Å². The Morgan fingerprint density at radius 1 is 1.19 bits per heavy atom. The first-order chi connectivity index (χ1) is 12.4. The number of aryl methyl sites for hydroxylation is 2. The number of nitrogens with zero attached hydrogens (tertiary/aromatic N) is 1. The average molecular weight is 392 g/mol. The molecule has 5 heteroatoms. The summed E-state index contributed by atoms with van der Waals surface area (Å²) in [4.78, 5) is 13.8. The minimum Gasteiger partial charge on any atom is -0.481 e. The second-order valence-corrected chi connectivity index (χ2v) is 7.86. The van der Waals surface area contributed by atoms with Crippen molar-refractivity contribution in [3.8, 4) is 0 Å². The lowest BCUT2D eigenvalue weighted by Gasteiger charge is -2.38. The molecule has 3 rings (SSSR count). The molecule has 1 fully saturated rings. The molecule has 1 aliphatic rings. The molecule has 0 bridgehead atoms. The number of rotatable bonds is 4. The molecular formula is C21H23Cl2NO2. The molecule has 0 amide bonds. The molecule has 0 spiro atoms. The summed E-state index contributed by atoms with van der Waals surface area (Å²) in [5.41, 5.74) is 4.44. The van der Waals surface area contributed by atoms with Crippen LogP contribution < -0.4 is 0 Å². The summed E-state index contributed by atoms with van der Waals surface area (Å²) in [6.07, 6.45) is 1.57. The fourth-order valence-corrected chi connectivity index (χ4v) is 4.28. The highest BCUT2D eigenvalue weighted by molar-refractivity contribution is 6.42. The molecule has 0 aromatic heterocycles. The number of piperidine rings is 1. The van der Waals surface area contributed by atoms with E-state index in [1.54, 1.807) is 6.07 Å². The third-order valence-electron chi connectivity index (χ3n) is 5.16. The lowest BCUT2D eigenvalue weighted by Crippen LogP contribution is -2.41. The number of carboxylic acid groups (broad SMARTS) is 1. The van der Waals surface area contributed by atoms with Gasteiger partial charge in [0, 0.05) is 6.54 Å². The van der Waals surface area contributed by atoms with Gasteiger partial charge in [-0.2, -0.15) is 0 Å². The Labute approximate surface area is 164 Å². The molecule has 1 N–H and O–H groups in total. The number of likely N-dealkylation sites (tertiary alicyclic amines) is 1. The number of carbonyl (C=O) groups is 1. The molecule has 1 saturated heterocycles. The maximum Gasteiger partial charge on any atom is 0.307 e. The molecule has 0 saturated carbocycles. The zero-order valence-corrected chi connectivity index (χ0v) is 16.5. The van der Waals surface area contributed by atoms with Crippen LogP contribution in [0.2, 0.25) is 10.0 Å². The lowest BCUT2D eigenvalue weighted by atomic mass is 9.89. The molecule has 2 aromatic carbocycles. The van der Waals surface area contributed by atoms with Crippen molar-refractivity contribution in [2.45, 2.75) is 32.7 Å². The Bertz CT molecular complexity index is 822. The van der Waals surface area contributed by atoms with Gasteiger partial charge in [-0.3, -0.25) is 9.69 Å². The van der Waals surface area contributed by atoms with E-state index in [0.29, 0.717) is 23.0 Å². The largest absolute Gasteiger partial charge is 0.481 e. The van der Waals surface area contributed by atoms with E-state index in [2.05, 4.69) is 36.9 Å². The van der Waals surface area contributed by atoms with Crippen LogP contribution in [0.25, 0.3) is 0 Å². The van der Waals surface area contributed by atoms with E-state index in [-0.39, 0.29) is 12.0 Å². The first-order valence-electron chi connectivity index (χ1n) is 8.86. The number of hydrogen-bond donors (Lipinski definition) is 1. The van der Waals surface area contributed by atoms with E-state index in [1.165, 1.54) is 11.1 Å². The molecule has 2 unspecified atom stereocenters. The highest BCUT2D eigenvalue weighted by atomic mass is 35.5. The summed E-state index contributed by atoms with van der Waals surface area (Å²) in [6, 6.07) is 11.9. The summed E-state index contributed by atoms with van der Waals surface area (Å²) in [6.45, 7) is 5.51. The fraction of sp³-hybridized carbons (Fsp3) is 0.381. The summed E-state index contributed by atoms with van der Waals surface area (Å²) in [7, 11) is 0. The van der Waals surface area contributed by atoms with Gasteiger partial charge < -0.3 is 5.11 Å². The van der Waals surface area contributed by atoms with E-state index in [1.807, 2.05) is 12.1 Å². The van der Waals surface area contributed by atoms with Crippen LogP contribution in [0.1, 0.15) is 41.1 Å². The van der Waals surface area contributed by atoms with Crippen LogP contribution in [0.3, 0.4) is 0 Å². The van der Waals surface area contributed by atoms with Crippen molar-refractivity contribution in [2.75, 3.05) is 13.1 Å². The Balaban J connectivity index is 2.10. The van der Waals surface area contributed by atoms with E-state index in [9.17, 15) is 9.90 Å². The second-order valence-electron chi connectivity index (χ2n) is 7.08. The Kier molecular flexibility index (Phi) is 5.91. The molecule has 3 nitrogen and oxygen atoms in total. The standard InChI is InChI=1S/C21H23Cl2NO2/c1-13-8-9-16(14(2)11-13)20(17-6-3-7-18(22)19(17)23)24-10-4-5-15(12-24)21(25)26/h3,6-9,11,15,20H,4-5,10,12H2,1-2H3,(H,25,26). The zero-order valence-electron chi connectivity index (χ0n) is 15.0. The van der Waals surface area contributed by atoms with Gasteiger partial charge in [-0.05, 0) is 56.0 Å². The summed E-state index contributed by atoms with van der Waals surface area (Å²) < 4.78 is 0. The minimum atomic E-state index is -0.730. The molecule has 2 aromatic rings. The molecule has 1 heterocycles. The van der Waals surface area contributed by atoms with Crippen LogP contribution in [0.15, 0.2) is 36.4 Å². The topological polar surface area (TPSA) is 40.5 Å². The number of hydrogen-bond acceptors (Lipinski definition) is 2. The zero-order chi connectivity index (χ0) is 18.8. The van der Waals surface area contributed by atoms with Crippen molar-refractivity contribution in [2.24, 2.45) is 5.92 Å². The maximum absolute atomic E-state index is 11.6. The maximum atomic E-state index is 11.6. The van der Waals surface area contributed by atoms with Crippen LogP contribution in [-0.4, -0.2) is 29.1 Å². The van der Waals surface area contributed by atoms with Gasteiger partial charge in [-0.25, -0.2) is 0 Å². The first kappa shape index (κ1) is 19.2. The predicted octanol–water partition coefficient (Wildman–Crippen LogP) is 5.50. The normalized spacial score (nSPS) is 19.3. The highest BCUT2D eigenvalue weighted by Gasteiger charge is 2.33. The Morgan fingerprint density at radius 2 is 1.96 bits per heavy atom. The first-order valence-corrected chi connectivity index (χ1v) is 9.62. The van der Waals surface area contributed by atoms with Crippen LogP contribution in [0.5, 0.6) is 0 Å². The van der Waals surface area contributed by atoms with E-state index in [0.717, 1.165) is 24.1 Å². The number of halogens is 2. The molecular weight excluding hydrogens is 369 g/mol. The molecule has 2 atom stereocenters. The van der Waals surface area contributed by atoms with Gasteiger partial charge >= 0.3 is 5.97 Å². The molecule has 0 radical (unpaired) electrons. The van der Waals surface area contributed by atoms with Gasteiger partial charge in [-0.1, -0.05) is 59.1 Å². The van der Waals surface area contributed by atoms with Crippen molar-refractivity contribution < 1.29 is 9.90 Å². The second kappa shape index (κ2) is 7.99. The van der Waals surface area contributed by atoms with Gasteiger partial charge in [0.1, 0.15) is 0 Å². The van der Waals surface area contributed by atoms with Crippen LogP contribution in [0.4, 0.5) is 0 Å². The summed E-state index contributed by atoms with van der Waals surface area (Å²) in [5, 5.41) is 10.6. The van der Waals surface area contributed by atoms with E-state index >= 15 is 0 Å². The van der Waals surface area contributed by atoms with Crippen molar-refractivity contribution in [1.82, 2.24) is 4.90 Å². The van der Waals surface area contributed by atoms with Gasteiger partial charge in [-0.15, -0.1) is 0 Å². The van der Waals surface area contributed by atoms with Gasteiger partial charge in [0.2, 0.25) is 0 Å². The predicted molar refractivity (Wildman–Crippen MR) is 106 cm³/mol. The van der Waals surface area contributed by atoms with Gasteiger partial charge in [0.15, 0.2) is 0 Å². The molecule has 1 aliphatic heterocycles. The van der Waals surface area contributed by atoms with Crippen molar-refractivity contribution in [3.05, 3.63) is 68.7 Å². The molecule has 138 valence electrons. The Hall–Kier alpha value is -1.55. The van der Waals surface area contributed by atoms with E-state index in [4.69, 9.17) is 23.2 Å². The quantitative estimate of drug-likeness (QED) is 0.747. The minimum absolute atomic E-state index is 0.107. The number of aliphatic carboxylic acids is 1. The smallest absolute Gasteiger partial charge is 0.307 e. The third kappa shape index (κ3) is 3.90. The van der Waals surface area contributed by atoms with Crippen LogP contribution >= 0.6 is 23.2 Å². The summed E-state index contributed by atoms with van der Waals surface area (Å²) >= 11 is 12.8. The Morgan fingerprint density at radius 3 is 2.65 bits per heavy atom. The third-order valence-corrected chi connectivity index (χ3v) is 6.00. The highest BCUT2D eigenvalue weighted by Crippen LogP contribution is 2.39. The number of benzene rings is 2. The van der Waals surface area contributed by atoms with Crippen molar-refractivity contribution in [1.29, 1.82) is 0 Å². The van der Waals surface area contributed by atoms with Crippen LogP contribution in [0, 0.1) is 19.8 Å². The van der Waals surface area contributed by atoms with Crippen molar-refractivity contribution in [3.63, 3.8) is 0 Å².